The second kappa shape index (κ2) is 5.42. The van der Waals surface area contributed by atoms with Crippen molar-refractivity contribution >= 4 is 11.8 Å². The van der Waals surface area contributed by atoms with Crippen molar-refractivity contribution in [2.75, 3.05) is 13.1 Å². The smallest absolute Gasteiger partial charge is 0.260 e. The van der Waals surface area contributed by atoms with Crippen molar-refractivity contribution < 1.29 is 9.59 Å². The van der Waals surface area contributed by atoms with Gasteiger partial charge in [0.05, 0.1) is 0 Å². The number of benzene rings is 1. The van der Waals surface area contributed by atoms with E-state index in [4.69, 9.17) is 5.73 Å². The molecule has 0 saturated carbocycles. The Hall–Kier alpha value is -1.68. The first-order valence-electron chi connectivity index (χ1n) is 5.16. The SMILES string of the molecule is CC(=O)N(CCN)C(=O)c1ccccc1C. The van der Waals surface area contributed by atoms with Gasteiger partial charge in [-0.1, -0.05) is 18.2 Å². The summed E-state index contributed by atoms with van der Waals surface area (Å²) < 4.78 is 0. The van der Waals surface area contributed by atoms with Crippen molar-refractivity contribution in [2.24, 2.45) is 5.73 Å². The average Bonchev–Trinajstić information content (AvgIpc) is 2.25. The largest absolute Gasteiger partial charge is 0.329 e. The van der Waals surface area contributed by atoms with E-state index in [0.29, 0.717) is 5.56 Å². The zero-order chi connectivity index (χ0) is 12.1. The third-order valence-electron chi connectivity index (χ3n) is 2.35. The van der Waals surface area contributed by atoms with Gasteiger partial charge in [-0.3, -0.25) is 14.5 Å². The van der Waals surface area contributed by atoms with E-state index >= 15 is 0 Å². The van der Waals surface area contributed by atoms with Crippen molar-refractivity contribution in [3.05, 3.63) is 35.4 Å². The van der Waals surface area contributed by atoms with Crippen LogP contribution >= 0.6 is 0 Å². The highest BCUT2D eigenvalue weighted by molar-refractivity contribution is 6.04. The lowest BCUT2D eigenvalue weighted by molar-refractivity contribution is -0.126. The number of aryl methyl sites for hydroxylation is 1. The summed E-state index contributed by atoms with van der Waals surface area (Å²) in [5, 5.41) is 0. The van der Waals surface area contributed by atoms with E-state index in [9.17, 15) is 9.59 Å². The number of carbonyl (C=O) groups is 2. The molecule has 0 unspecified atom stereocenters. The minimum Gasteiger partial charge on any atom is -0.329 e. The van der Waals surface area contributed by atoms with Crippen LogP contribution in [0.1, 0.15) is 22.8 Å². The second-order valence-corrected chi connectivity index (χ2v) is 3.58. The van der Waals surface area contributed by atoms with Crippen LogP contribution in [0, 0.1) is 6.92 Å². The van der Waals surface area contributed by atoms with E-state index in [0.717, 1.165) is 5.56 Å². The third-order valence-corrected chi connectivity index (χ3v) is 2.35. The summed E-state index contributed by atoms with van der Waals surface area (Å²) in [6.07, 6.45) is 0. The molecule has 0 bridgehead atoms. The molecule has 4 heteroatoms. The summed E-state index contributed by atoms with van der Waals surface area (Å²) in [5.41, 5.74) is 6.78. The zero-order valence-electron chi connectivity index (χ0n) is 9.56. The molecule has 0 saturated heterocycles. The molecule has 1 aromatic carbocycles. The molecule has 86 valence electrons. The Morgan fingerprint density at radius 3 is 2.44 bits per heavy atom. The number of hydrogen-bond acceptors (Lipinski definition) is 3. The van der Waals surface area contributed by atoms with Gasteiger partial charge in [0.25, 0.3) is 5.91 Å². The number of nitrogens with zero attached hydrogens (tertiary/aromatic N) is 1. The fraction of sp³-hybridized carbons (Fsp3) is 0.333. The van der Waals surface area contributed by atoms with Gasteiger partial charge in [0, 0.05) is 25.6 Å². The maximum atomic E-state index is 12.0. The van der Waals surface area contributed by atoms with Gasteiger partial charge in [-0.05, 0) is 18.6 Å². The molecule has 0 spiro atoms. The molecular formula is C12H16N2O2. The van der Waals surface area contributed by atoms with Gasteiger partial charge in [-0.15, -0.1) is 0 Å². The maximum absolute atomic E-state index is 12.0. The zero-order valence-corrected chi connectivity index (χ0v) is 9.56. The molecule has 0 aliphatic rings. The van der Waals surface area contributed by atoms with Crippen LogP contribution in [0.5, 0.6) is 0 Å². The highest BCUT2D eigenvalue weighted by Crippen LogP contribution is 2.10. The third kappa shape index (κ3) is 2.67. The van der Waals surface area contributed by atoms with Crippen LogP contribution in [-0.2, 0) is 4.79 Å². The Morgan fingerprint density at radius 1 is 1.31 bits per heavy atom. The highest BCUT2D eigenvalue weighted by Gasteiger charge is 2.19. The normalized spacial score (nSPS) is 9.94. The Labute approximate surface area is 95.0 Å². The van der Waals surface area contributed by atoms with Gasteiger partial charge in [0.2, 0.25) is 5.91 Å². The number of hydrogen-bond donors (Lipinski definition) is 1. The molecule has 0 fully saturated rings. The van der Waals surface area contributed by atoms with Crippen LogP contribution in [0.3, 0.4) is 0 Å². The Bertz CT molecular complexity index is 402. The molecule has 0 radical (unpaired) electrons. The summed E-state index contributed by atoms with van der Waals surface area (Å²) in [4.78, 5) is 24.5. The lowest BCUT2D eigenvalue weighted by atomic mass is 10.1. The fourth-order valence-corrected chi connectivity index (χ4v) is 1.49. The summed E-state index contributed by atoms with van der Waals surface area (Å²) >= 11 is 0. The van der Waals surface area contributed by atoms with E-state index < -0.39 is 0 Å². The van der Waals surface area contributed by atoms with Gasteiger partial charge in [0.15, 0.2) is 0 Å². The predicted octanol–water partition coefficient (Wildman–Crippen LogP) is 0.942. The lowest BCUT2D eigenvalue weighted by Crippen LogP contribution is -2.39. The van der Waals surface area contributed by atoms with Gasteiger partial charge < -0.3 is 5.73 Å². The topological polar surface area (TPSA) is 63.4 Å². The van der Waals surface area contributed by atoms with Crippen molar-refractivity contribution in [3.63, 3.8) is 0 Å². The molecule has 16 heavy (non-hydrogen) atoms. The summed E-state index contributed by atoms with van der Waals surface area (Å²) in [6.45, 7) is 3.74. The van der Waals surface area contributed by atoms with Crippen molar-refractivity contribution in [3.8, 4) is 0 Å². The van der Waals surface area contributed by atoms with Crippen LogP contribution in [0.4, 0.5) is 0 Å². The highest BCUT2D eigenvalue weighted by atomic mass is 16.2. The first-order chi connectivity index (χ1) is 7.57. The summed E-state index contributed by atoms with van der Waals surface area (Å²) in [6, 6.07) is 7.19. The Balaban J connectivity index is 2.99. The first kappa shape index (κ1) is 12.4. The monoisotopic (exact) mass is 220 g/mol. The number of nitrogens with two attached hydrogens (primary N) is 1. The predicted molar refractivity (Wildman–Crippen MR) is 62.0 cm³/mol. The Morgan fingerprint density at radius 2 is 1.94 bits per heavy atom. The Kier molecular flexibility index (Phi) is 4.19. The molecule has 0 heterocycles. The van der Waals surface area contributed by atoms with Crippen molar-refractivity contribution in [2.45, 2.75) is 13.8 Å². The minimum absolute atomic E-state index is 0.252. The number of imide groups is 1. The first-order valence-corrected chi connectivity index (χ1v) is 5.16. The second-order valence-electron chi connectivity index (χ2n) is 3.58. The molecule has 0 aromatic heterocycles. The molecule has 2 amide bonds. The van der Waals surface area contributed by atoms with Crippen molar-refractivity contribution in [1.82, 2.24) is 4.90 Å². The molecular weight excluding hydrogens is 204 g/mol. The van der Waals surface area contributed by atoms with Crippen LogP contribution in [0.25, 0.3) is 0 Å². The van der Waals surface area contributed by atoms with Crippen LogP contribution in [0.2, 0.25) is 0 Å². The van der Waals surface area contributed by atoms with Gasteiger partial charge >= 0.3 is 0 Å². The molecule has 0 aliphatic heterocycles. The quantitative estimate of drug-likeness (QED) is 0.824. The minimum atomic E-state index is -0.281. The molecule has 0 atom stereocenters. The molecule has 1 aromatic rings. The number of amides is 2. The lowest BCUT2D eigenvalue weighted by Gasteiger charge is -2.19. The number of rotatable bonds is 3. The van der Waals surface area contributed by atoms with Crippen LogP contribution in [-0.4, -0.2) is 29.8 Å². The molecule has 2 N–H and O–H groups in total. The molecule has 0 aliphatic carbocycles. The summed E-state index contributed by atoms with van der Waals surface area (Å²) in [5.74, 6) is -0.560. The maximum Gasteiger partial charge on any atom is 0.260 e. The van der Waals surface area contributed by atoms with Gasteiger partial charge in [-0.25, -0.2) is 0 Å². The van der Waals surface area contributed by atoms with E-state index in [2.05, 4.69) is 0 Å². The van der Waals surface area contributed by atoms with Gasteiger partial charge in [0.1, 0.15) is 0 Å². The summed E-state index contributed by atoms with van der Waals surface area (Å²) in [7, 11) is 0. The number of carbonyl (C=O) groups excluding carboxylic acids is 2. The van der Waals surface area contributed by atoms with E-state index in [1.54, 1.807) is 12.1 Å². The fourth-order valence-electron chi connectivity index (χ4n) is 1.49. The van der Waals surface area contributed by atoms with E-state index in [1.807, 2.05) is 19.1 Å². The van der Waals surface area contributed by atoms with E-state index in [1.165, 1.54) is 11.8 Å². The van der Waals surface area contributed by atoms with Crippen LogP contribution < -0.4 is 5.73 Å². The van der Waals surface area contributed by atoms with Crippen LogP contribution in [0.15, 0.2) is 24.3 Å². The van der Waals surface area contributed by atoms with Gasteiger partial charge in [-0.2, -0.15) is 0 Å². The van der Waals surface area contributed by atoms with Crippen molar-refractivity contribution in [1.29, 1.82) is 0 Å². The average molecular weight is 220 g/mol. The standard InChI is InChI=1S/C12H16N2O2/c1-9-5-3-4-6-11(9)12(16)14(8-7-13)10(2)15/h3-6H,7-8,13H2,1-2H3. The molecule has 4 nitrogen and oxygen atoms in total. The van der Waals surface area contributed by atoms with E-state index in [-0.39, 0.29) is 24.9 Å². The molecule has 1 rings (SSSR count).